The highest BCUT2D eigenvalue weighted by Crippen LogP contribution is 2.15. The van der Waals surface area contributed by atoms with Crippen LogP contribution in [0, 0.1) is 0 Å². The Morgan fingerprint density at radius 3 is 2.90 bits per heavy atom. The van der Waals surface area contributed by atoms with Gasteiger partial charge in [-0.2, -0.15) is 0 Å². The van der Waals surface area contributed by atoms with Gasteiger partial charge in [0, 0.05) is 6.54 Å². The van der Waals surface area contributed by atoms with Gasteiger partial charge in [0.25, 0.3) is 0 Å². The van der Waals surface area contributed by atoms with E-state index in [2.05, 4.69) is 19.2 Å². The van der Waals surface area contributed by atoms with E-state index in [0.717, 1.165) is 6.54 Å². The summed E-state index contributed by atoms with van der Waals surface area (Å²) in [4.78, 5) is 0. The summed E-state index contributed by atoms with van der Waals surface area (Å²) in [5.74, 6) is 0. The first-order valence-corrected chi connectivity index (χ1v) is 4.22. The van der Waals surface area contributed by atoms with Crippen LogP contribution >= 0.6 is 0 Å². The molecule has 1 N–H and O–H groups in total. The van der Waals surface area contributed by atoms with Crippen LogP contribution in [0.3, 0.4) is 0 Å². The van der Waals surface area contributed by atoms with Crippen molar-refractivity contribution in [1.29, 1.82) is 0 Å². The lowest BCUT2D eigenvalue weighted by molar-refractivity contribution is 0.649. The topological polar surface area (TPSA) is 12.0 Å². The lowest BCUT2D eigenvalue weighted by Crippen LogP contribution is -2.24. The van der Waals surface area contributed by atoms with E-state index < -0.39 is 0 Å². The molecule has 1 aliphatic heterocycles. The second-order valence-corrected chi connectivity index (χ2v) is 3.06. The molecule has 0 aliphatic carbocycles. The Morgan fingerprint density at radius 1 is 1.50 bits per heavy atom. The van der Waals surface area contributed by atoms with Crippen molar-refractivity contribution < 1.29 is 0 Å². The first-order chi connectivity index (χ1) is 4.84. The lowest BCUT2D eigenvalue weighted by Gasteiger charge is -2.18. The minimum atomic E-state index is 1.14. The van der Waals surface area contributed by atoms with E-state index in [4.69, 9.17) is 0 Å². The third kappa shape index (κ3) is 1.84. The first kappa shape index (κ1) is 7.80. The van der Waals surface area contributed by atoms with Crippen molar-refractivity contribution in [2.75, 3.05) is 13.1 Å². The zero-order chi connectivity index (χ0) is 7.40. The molecule has 1 aliphatic rings. The van der Waals surface area contributed by atoms with Crippen molar-refractivity contribution in [3.05, 3.63) is 11.1 Å². The fraction of sp³-hybridized carbons (Fsp3) is 0.778. The summed E-state index contributed by atoms with van der Waals surface area (Å²) in [5, 5.41) is 3.39. The van der Waals surface area contributed by atoms with Crippen LogP contribution in [0.1, 0.15) is 33.1 Å². The third-order valence-corrected chi connectivity index (χ3v) is 2.17. The molecule has 0 fully saturated rings. The Morgan fingerprint density at radius 2 is 2.30 bits per heavy atom. The van der Waals surface area contributed by atoms with Crippen LogP contribution in [0.15, 0.2) is 11.1 Å². The van der Waals surface area contributed by atoms with E-state index in [1.54, 1.807) is 11.1 Å². The largest absolute Gasteiger partial charge is 0.313 e. The van der Waals surface area contributed by atoms with Gasteiger partial charge in [-0.15, -0.1) is 0 Å². The highest BCUT2D eigenvalue weighted by molar-refractivity contribution is 5.16. The second kappa shape index (κ2) is 3.77. The van der Waals surface area contributed by atoms with E-state index >= 15 is 0 Å². The molecule has 1 rings (SSSR count). The molecule has 1 heteroatoms. The van der Waals surface area contributed by atoms with E-state index in [1.807, 2.05) is 0 Å². The maximum atomic E-state index is 3.39. The molecule has 0 saturated carbocycles. The molecular weight excluding hydrogens is 122 g/mol. The zero-order valence-corrected chi connectivity index (χ0v) is 7.04. The van der Waals surface area contributed by atoms with Gasteiger partial charge < -0.3 is 5.32 Å². The maximum Gasteiger partial charge on any atom is 0.0167 e. The van der Waals surface area contributed by atoms with Gasteiger partial charge >= 0.3 is 0 Å². The molecule has 1 heterocycles. The van der Waals surface area contributed by atoms with Crippen LogP contribution < -0.4 is 5.32 Å². The third-order valence-electron chi connectivity index (χ3n) is 2.17. The van der Waals surface area contributed by atoms with E-state index in [9.17, 15) is 0 Å². The fourth-order valence-electron chi connectivity index (χ4n) is 1.45. The molecule has 10 heavy (non-hydrogen) atoms. The summed E-state index contributed by atoms with van der Waals surface area (Å²) >= 11 is 0. The van der Waals surface area contributed by atoms with Crippen LogP contribution in [0.2, 0.25) is 0 Å². The van der Waals surface area contributed by atoms with Crippen LogP contribution in [0.5, 0.6) is 0 Å². The van der Waals surface area contributed by atoms with E-state index in [0.29, 0.717) is 0 Å². The first-order valence-electron chi connectivity index (χ1n) is 4.22. The standard InChI is InChI=1S/C9H17N/c1-3-4-9-7-10-6-5-8(9)2/h10H,3-7H2,1-2H3. The predicted molar refractivity (Wildman–Crippen MR) is 45.1 cm³/mol. The van der Waals surface area contributed by atoms with Gasteiger partial charge in [0.1, 0.15) is 0 Å². The summed E-state index contributed by atoms with van der Waals surface area (Å²) < 4.78 is 0. The SMILES string of the molecule is CCCC1=C(C)CCNC1. The number of hydrogen-bond donors (Lipinski definition) is 1. The van der Waals surface area contributed by atoms with Gasteiger partial charge in [-0.3, -0.25) is 0 Å². The normalized spacial score (nSPS) is 19.8. The Kier molecular flexibility index (Phi) is 2.94. The zero-order valence-electron chi connectivity index (χ0n) is 7.04. The summed E-state index contributed by atoms with van der Waals surface area (Å²) in [7, 11) is 0. The Labute approximate surface area is 63.5 Å². The molecule has 0 unspecified atom stereocenters. The maximum absolute atomic E-state index is 3.39. The quantitative estimate of drug-likeness (QED) is 0.578. The van der Waals surface area contributed by atoms with Gasteiger partial charge in [0.15, 0.2) is 0 Å². The molecule has 1 nitrogen and oxygen atoms in total. The highest BCUT2D eigenvalue weighted by atomic mass is 14.9. The van der Waals surface area contributed by atoms with E-state index in [1.165, 1.54) is 25.8 Å². The summed E-state index contributed by atoms with van der Waals surface area (Å²) in [6, 6.07) is 0. The van der Waals surface area contributed by atoms with Crippen LogP contribution in [-0.2, 0) is 0 Å². The molecular formula is C9H17N. The van der Waals surface area contributed by atoms with Gasteiger partial charge in [0.05, 0.1) is 0 Å². The minimum absolute atomic E-state index is 1.14. The second-order valence-electron chi connectivity index (χ2n) is 3.06. The number of nitrogens with one attached hydrogen (secondary N) is 1. The molecule has 0 aromatic rings. The summed E-state index contributed by atoms with van der Waals surface area (Å²) in [6.07, 6.45) is 3.84. The van der Waals surface area contributed by atoms with E-state index in [-0.39, 0.29) is 0 Å². The molecule has 58 valence electrons. The predicted octanol–water partition coefficient (Wildman–Crippen LogP) is 2.10. The summed E-state index contributed by atoms with van der Waals surface area (Å²) in [5.41, 5.74) is 3.27. The van der Waals surface area contributed by atoms with Crippen LogP contribution in [0.25, 0.3) is 0 Å². The average molecular weight is 139 g/mol. The lowest BCUT2D eigenvalue weighted by atomic mass is 9.99. The van der Waals surface area contributed by atoms with Gasteiger partial charge in [0.2, 0.25) is 0 Å². The monoisotopic (exact) mass is 139 g/mol. The van der Waals surface area contributed by atoms with Crippen molar-refractivity contribution in [2.45, 2.75) is 33.1 Å². The van der Waals surface area contributed by atoms with Crippen molar-refractivity contribution in [2.24, 2.45) is 0 Å². The average Bonchev–Trinajstić information content (AvgIpc) is 1.94. The van der Waals surface area contributed by atoms with Crippen LogP contribution in [0.4, 0.5) is 0 Å². The van der Waals surface area contributed by atoms with Gasteiger partial charge in [-0.05, 0) is 26.3 Å². The molecule has 0 aromatic heterocycles. The molecule has 0 atom stereocenters. The molecule has 0 bridgehead atoms. The van der Waals surface area contributed by atoms with Crippen molar-refractivity contribution in [1.82, 2.24) is 5.32 Å². The van der Waals surface area contributed by atoms with Crippen molar-refractivity contribution in [3.63, 3.8) is 0 Å². The van der Waals surface area contributed by atoms with Gasteiger partial charge in [-0.25, -0.2) is 0 Å². The smallest absolute Gasteiger partial charge is 0.0167 e. The van der Waals surface area contributed by atoms with Crippen LogP contribution in [-0.4, -0.2) is 13.1 Å². The molecule has 0 aromatic carbocycles. The Bertz CT molecular complexity index is 136. The Hall–Kier alpha value is -0.300. The van der Waals surface area contributed by atoms with Crippen molar-refractivity contribution >= 4 is 0 Å². The minimum Gasteiger partial charge on any atom is -0.313 e. The highest BCUT2D eigenvalue weighted by Gasteiger charge is 2.06. The number of hydrogen-bond acceptors (Lipinski definition) is 1. The van der Waals surface area contributed by atoms with Crippen molar-refractivity contribution in [3.8, 4) is 0 Å². The molecule has 0 radical (unpaired) electrons. The molecule has 0 amide bonds. The Balaban J connectivity index is 2.50. The summed E-state index contributed by atoms with van der Waals surface area (Å²) in [6.45, 7) is 6.83. The fourth-order valence-corrected chi connectivity index (χ4v) is 1.45. The molecule has 0 saturated heterocycles. The van der Waals surface area contributed by atoms with Gasteiger partial charge in [-0.1, -0.05) is 24.5 Å². The molecule has 0 spiro atoms. The number of rotatable bonds is 2.